The fourth-order valence-corrected chi connectivity index (χ4v) is 64.5. The Morgan fingerprint density at radius 1 is 0.476 bits per heavy atom. The van der Waals surface area contributed by atoms with E-state index in [1.807, 2.05) is 0 Å². The van der Waals surface area contributed by atoms with Crippen molar-refractivity contribution in [2.75, 3.05) is 0 Å². The Morgan fingerprint density at radius 3 is 1.07 bits per heavy atom. The monoisotopic (exact) mass is 820 g/mol. The summed E-state index contributed by atoms with van der Waals surface area (Å²) in [6, 6.07) is 45.5. The summed E-state index contributed by atoms with van der Waals surface area (Å²) >= 11 is -3.29. The minimum Gasteiger partial charge on any atom is -0.147 e. The summed E-state index contributed by atoms with van der Waals surface area (Å²) in [6.07, 6.45) is 5.14. The molecule has 2 atom stereocenters. The van der Waals surface area contributed by atoms with Crippen molar-refractivity contribution >= 4 is 54.8 Å². The quantitative estimate of drug-likeness (QED) is 0.171. The van der Waals surface area contributed by atoms with E-state index in [1.165, 1.54) is 45.6 Å². The predicted octanol–water partition coefficient (Wildman–Crippen LogP) is 8.73. The maximum atomic E-state index is 2.57. The smallest absolute Gasteiger partial charge is 0.147 e. The van der Waals surface area contributed by atoms with Gasteiger partial charge in [-0.2, -0.15) is 0 Å². The van der Waals surface area contributed by atoms with Crippen LogP contribution in [0.25, 0.3) is 11.1 Å². The van der Waals surface area contributed by atoms with Crippen molar-refractivity contribution in [3.05, 3.63) is 162 Å². The SMILES string of the molecule is CC1=[C]([Hf](=[GeH2])([C]2=C(C)C(c3ccccc3)=CC2C)([c]2ccccc2)[c]2ccccc2)C(C)C=C1c1ccccc1.Cl.Cl. The van der Waals surface area contributed by atoms with E-state index >= 15 is 0 Å². The Hall–Kier alpha value is -2.17. The van der Waals surface area contributed by atoms with Crippen LogP contribution in [0.5, 0.6) is 0 Å². The number of benzene rings is 4. The standard InChI is InChI=1S/2C13H13.2C6H5.2ClH.GeH2.Hf/c2*1-10-8-11(2)13(9-10)12-6-4-3-5-7-12;2*1-2-4-6-5-3-1;;;;/h2*3-7,9-10H,1-2H3;2*1-5H;2*1H;1H2;. The van der Waals surface area contributed by atoms with Crippen molar-refractivity contribution in [3.63, 3.8) is 0 Å². The molecular weight excluding hydrogens is 778 g/mol. The van der Waals surface area contributed by atoms with Gasteiger partial charge in [-0.05, 0) is 0 Å². The van der Waals surface area contributed by atoms with Gasteiger partial charge in [-0.3, -0.25) is 0 Å². The van der Waals surface area contributed by atoms with Gasteiger partial charge < -0.3 is 0 Å². The molecule has 4 aromatic carbocycles. The minimum absolute atomic E-state index is 0. The molecule has 42 heavy (non-hydrogen) atoms. The number of hydrogen-bond donors (Lipinski definition) is 0. The molecule has 0 bridgehead atoms. The summed E-state index contributed by atoms with van der Waals surface area (Å²) in [5.74, 6) is 0.765. The van der Waals surface area contributed by atoms with Crippen LogP contribution in [0.3, 0.4) is 0 Å². The van der Waals surface area contributed by atoms with Gasteiger partial charge >= 0.3 is 247 Å². The first-order chi connectivity index (χ1) is 19.4. The van der Waals surface area contributed by atoms with Crippen molar-refractivity contribution in [3.8, 4) is 0 Å². The summed E-state index contributed by atoms with van der Waals surface area (Å²) in [7, 11) is 0. The van der Waals surface area contributed by atoms with Crippen LogP contribution in [-0.2, 0) is 15.4 Å². The van der Waals surface area contributed by atoms with Crippen LogP contribution in [0.1, 0.15) is 38.8 Å². The third-order valence-electron chi connectivity index (χ3n) is 9.54. The Bertz CT molecular complexity index is 1630. The van der Waals surface area contributed by atoms with Crippen LogP contribution < -0.4 is 6.64 Å². The molecule has 0 amide bonds. The van der Waals surface area contributed by atoms with Gasteiger partial charge in [0.2, 0.25) is 0 Å². The normalized spacial score (nSPS) is 18.7. The fraction of sp³-hybridized carbons (Fsp3) is 0.158. The molecule has 0 heterocycles. The molecule has 0 aromatic heterocycles. The van der Waals surface area contributed by atoms with E-state index in [0.29, 0.717) is 11.8 Å². The Kier molecular flexibility index (Phi) is 10.00. The molecule has 0 fully saturated rings. The van der Waals surface area contributed by atoms with Crippen LogP contribution in [0.15, 0.2) is 151 Å². The number of rotatable bonds is 6. The maximum Gasteiger partial charge on any atom is -0.147 e. The fourth-order valence-electron chi connectivity index (χ4n) is 8.13. The average Bonchev–Trinajstić information content (AvgIpc) is 3.49. The molecule has 0 spiro atoms. The first kappa shape index (κ1) is 32.7. The van der Waals surface area contributed by atoms with Crippen molar-refractivity contribution in [1.82, 2.24) is 0 Å². The van der Waals surface area contributed by atoms with Crippen LogP contribution in [0, 0.1) is 11.8 Å². The second-order valence-corrected chi connectivity index (χ2v) is 54.5. The molecule has 4 heteroatoms. The first-order valence-electron chi connectivity index (χ1n) is 14.5. The average molecular weight is 819 g/mol. The Morgan fingerprint density at radius 2 is 0.762 bits per heavy atom. The van der Waals surface area contributed by atoms with Gasteiger partial charge in [0.15, 0.2) is 0 Å². The van der Waals surface area contributed by atoms with Gasteiger partial charge in [-0.25, -0.2) is 0 Å². The van der Waals surface area contributed by atoms with Gasteiger partial charge in [-0.1, -0.05) is 0 Å². The Balaban J connectivity index is 0.00000202. The Labute approximate surface area is 269 Å². The molecule has 2 aliphatic carbocycles. The van der Waals surface area contributed by atoms with E-state index in [4.69, 9.17) is 0 Å². The van der Waals surface area contributed by atoms with Crippen LogP contribution in [0.2, 0.25) is 0 Å². The van der Waals surface area contributed by atoms with Crippen molar-refractivity contribution in [1.29, 1.82) is 0 Å². The number of hydrogen-bond acceptors (Lipinski definition) is 0. The predicted molar refractivity (Wildman–Crippen MR) is 188 cm³/mol. The molecule has 6 rings (SSSR count). The largest absolute Gasteiger partial charge is 0.147 e. The zero-order chi connectivity index (χ0) is 27.9. The molecule has 0 saturated carbocycles. The first-order valence-corrected chi connectivity index (χ1v) is 36.3. The van der Waals surface area contributed by atoms with Crippen LogP contribution in [-0.4, -0.2) is 12.2 Å². The summed E-state index contributed by atoms with van der Waals surface area (Å²) in [6.45, 7) is 9.78. The molecule has 2 aliphatic rings. The zero-order valence-electron chi connectivity index (χ0n) is 24.9. The molecular formula is C38H40Cl2GeHf. The van der Waals surface area contributed by atoms with E-state index in [-0.39, 0.29) is 24.8 Å². The van der Waals surface area contributed by atoms with Gasteiger partial charge in [0.05, 0.1) is 0 Å². The number of allylic oxidation sites excluding steroid dienone is 8. The zero-order valence-corrected chi connectivity index (χ0v) is 33.1. The van der Waals surface area contributed by atoms with E-state index in [9.17, 15) is 0 Å². The molecule has 214 valence electrons. The molecule has 0 aliphatic heterocycles. The van der Waals surface area contributed by atoms with E-state index in [0.717, 1.165) is 0 Å². The summed E-state index contributed by atoms with van der Waals surface area (Å²) in [5.41, 5.74) is 8.53. The summed E-state index contributed by atoms with van der Waals surface area (Å²) < 4.78 is 6.69. The van der Waals surface area contributed by atoms with Gasteiger partial charge in [0, 0.05) is 0 Å². The minimum atomic E-state index is -4.56. The van der Waals surface area contributed by atoms with Crippen molar-refractivity contribution in [2.24, 2.45) is 11.8 Å². The van der Waals surface area contributed by atoms with E-state index < -0.39 is 15.4 Å². The van der Waals surface area contributed by atoms with Gasteiger partial charge in [0.1, 0.15) is 0 Å². The molecule has 2 unspecified atom stereocenters. The second kappa shape index (κ2) is 12.8. The third-order valence-corrected chi connectivity index (χ3v) is 62.7. The third kappa shape index (κ3) is 4.95. The molecule has 0 N–H and O–H groups in total. The van der Waals surface area contributed by atoms with Crippen molar-refractivity contribution < 1.29 is 15.4 Å². The van der Waals surface area contributed by atoms with E-state index in [2.05, 4.69) is 161 Å². The summed E-state index contributed by atoms with van der Waals surface area (Å²) in [4.78, 5) is 0. The van der Waals surface area contributed by atoms with Crippen LogP contribution >= 0.6 is 24.8 Å². The topological polar surface area (TPSA) is 0 Å². The molecule has 0 saturated heterocycles. The summed E-state index contributed by atoms with van der Waals surface area (Å²) in [5, 5.41) is 0. The van der Waals surface area contributed by atoms with Crippen molar-refractivity contribution in [2.45, 2.75) is 27.7 Å². The van der Waals surface area contributed by atoms with E-state index in [1.54, 1.807) is 13.3 Å². The van der Waals surface area contributed by atoms with Gasteiger partial charge in [0.25, 0.3) is 0 Å². The molecule has 0 radical (unpaired) electrons. The second-order valence-electron chi connectivity index (χ2n) is 11.7. The molecule has 4 aromatic rings. The van der Waals surface area contributed by atoms with Crippen LogP contribution in [0.4, 0.5) is 0 Å². The van der Waals surface area contributed by atoms with Gasteiger partial charge in [-0.15, -0.1) is 24.8 Å². The maximum absolute atomic E-state index is 4.56. The molecule has 0 nitrogen and oxygen atoms in total. The number of halogens is 2.